The van der Waals surface area contributed by atoms with E-state index in [9.17, 15) is 9.59 Å². The van der Waals surface area contributed by atoms with Crippen LogP contribution in [-0.2, 0) is 20.7 Å². The largest absolute Gasteiger partial charge is 0.383 e. The minimum absolute atomic E-state index is 0.0329. The first kappa shape index (κ1) is 23.0. The molecule has 1 atom stereocenters. The maximum absolute atomic E-state index is 12.8. The van der Waals surface area contributed by atoms with Crippen molar-refractivity contribution in [1.82, 2.24) is 10.2 Å². The summed E-state index contributed by atoms with van der Waals surface area (Å²) in [6.45, 7) is 5.25. The first-order chi connectivity index (χ1) is 15.0. The van der Waals surface area contributed by atoms with Gasteiger partial charge in [0, 0.05) is 19.3 Å². The molecular formula is C25H33N3O3. The number of hydrogen-bond acceptors (Lipinski definition) is 4. The second-order valence-electron chi connectivity index (χ2n) is 8.21. The van der Waals surface area contributed by atoms with Gasteiger partial charge < -0.3 is 15.4 Å². The number of carbonyl (C=O) groups is 2. The first-order valence-corrected chi connectivity index (χ1v) is 10.9. The molecule has 31 heavy (non-hydrogen) atoms. The van der Waals surface area contributed by atoms with E-state index in [-0.39, 0.29) is 30.9 Å². The highest BCUT2D eigenvalue weighted by Gasteiger charge is 2.23. The Morgan fingerprint density at radius 1 is 1.06 bits per heavy atom. The Bertz CT molecular complexity index is 913. The highest BCUT2D eigenvalue weighted by molar-refractivity contribution is 5.93. The van der Waals surface area contributed by atoms with Gasteiger partial charge in [0.1, 0.15) is 0 Å². The molecule has 1 aliphatic carbocycles. The van der Waals surface area contributed by atoms with Crippen LogP contribution in [0.4, 0.5) is 5.69 Å². The van der Waals surface area contributed by atoms with E-state index < -0.39 is 0 Å². The number of methoxy groups -OCH3 is 1. The van der Waals surface area contributed by atoms with Crippen molar-refractivity contribution in [3.63, 3.8) is 0 Å². The van der Waals surface area contributed by atoms with E-state index in [0.29, 0.717) is 13.2 Å². The summed E-state index contributed by atoms with van der Waals surface area (Å²) >= 11 is 0. The van der Waals surface area contributed by atoms with E-state index in [1.807, 2.05) is 49.1 Å². The summed E-state index contributed by atoms with van der Waals surface area (Å²) < 4.78 is 5.18. The fourth-order valence-electron chi connectivity index (χ4n) is 4.06. The van der Waals surface area contributed by atoms with Crippen molar-refractivity contribution in [2.45, 2.75) is 39.2 Å². The molecule has 0 saturated heterocycles. The Balaban J connectivity index is 1.59. The third-order valence-electron chi connectivity index (χ3n) is 5.93. The van der Waals surface area contributed by atoms with Crippen LogP contribution in [0.5, 0.6) is 0 Å². The SMILES string of the molecule is COCCN(CC(=O)Nc1cccc(C)c1C)CC(=O)N[C@@H]1CCCc2ccccc21. The van der Waals surface area contributed by atoms with Gasteiger partial charge in [0.15, 0.2) is 0 Å². The Kier molecular flexibility index (Phi) is 8.20. The topological polar surface area (TPSA) is 70.7 Å². The van der Waals surface area contributed by atoms with Crippen molar-refractivity contribution in [1.29, 1.82) is 0 Å². The van der Waals surface area contributed by atoms with Crippen LogP contribution in [0.2, 0.25) is 0 Å². The monoisotopic (exact) mass is 423 g/mol. The van der Waals surface area contributed by atoms with Gasteiger partial charge in [-0.1, -0.05) is 36.4 Å². The molecule has 2 N–H and O–H groups in total. The Labute approximate surface area is 185 Å². The van der Waals surface area contributed by atoms with E-state index >= 15 is 0 Å². The molecule has 0 saturated carbocycles. The van der Waals surface area contributed by atoms with Crippen LogP contribution in [-0.4, -0.2) is 50.1 Å². The first-order valence-electron chi connectivity index (χ1n) is 10.9. The summed E-state index contributed by atoms with van der Waals surface area (Å²) in [6.07, 6.45) is 3.06. The average Bonchev–Trinajstić information content (AvgIpc) is 2.75. The predicted octanol–water partition coefficient (Wildman–Crippen LogP) is 3.38. The van der Waals surface area contributed by atoms with Crippen molar-refractivity contribution in [2.75, 3.05) is 38.7 Å². The summed E-state index contributed by atoms with van der Waals surface area (Å²) in [5, 5.41) is 6.14. The van der Waals surface area contributed by atoms with Crippen LogP contribution in [0.15, 0.2) is 42.5 Å². The predicted molar refractivity (Wildman–Crippen MR) is 123 cm³/mol. The molecule has 0 radical (unpaired) electrons. The maximum Gasteiger partial charge on any atom is 0.238 e. The zero-order chi connectivity index (χ0) is 22.2. The van der Waals surface area contributed by atoms with Gasteiger partial charge in [0.05, 0.1) is 25.7 Å². The standard InChI is InChI=1S/C25H33N3O3/c1-18-8-6-12-22(19(18)2)26-24(29)16-28(14-15-31-3)17-25(30)27-23-13-7-10-20-9-4-5-11-21(20)23/h4-6,8-9,11-12,23H,7,10,13-17H2,1-3H3,(H,26,29)(H,27,30)/t23-/m1/s1. The lowest BCUT2D eigenvalue weighted by Gasteiger charge is -2.28. The number of carbonyl (C=O) groups excluding carboxylic acids is 2. The molecule has 0 aliphatic heterocycles. The van der Waals surface area contributed by atoms with Crippen molar-refractivity contribution in [2.24, 2.45) is 0 Å². The number of amides is 2. The second-order valence-corrected chi connectivity index (χ2v) is 8.21. The van der Waals surface area contributed by atoms with Gasteiger partial charge in [-0.25, -0.2) is 0 Å². The number of ether oxygens (including phenoxy) is 1. The molecule has 2 aromatic rings. The highest BCUT2D eigenvalue weighted by atomic mass is 16.5. The van der Waals surface area contributed by atoms with Gasteiger partial charge in [0.25, 0.3) is 0 Å². The molecule has 1 aliphatic rings. The number of anilines is 1. The van der Waals surface area contributed by atoms with E-state index in [4.69, 9.17) is 4.74 Å². The molecule has 0 aromatic heterocycles. The number of benzene rings is 2. The van der Waals surface area contributed by atoms with Crippen LogP contribution < -0.4 is 10.6 Å². The number of aryl methyl sites for hydroxylation is 2. The fraction of sp³-hybridized carbons (Fsp3) is 0.440. The molecular weight excluding hydrogens is 390 g/mol. The van der Waals surface area contributed by atoms with Gasteiger partial charge in [0.2, 0.25) is 11.8 Å². The molecule has 6 heteroatoms. The molecule has 3 rings (SSSR count). The molecule has 0 fully saturated rings. The smallest absolute Gasteiger partial charge is 0.238 e. The van der Waals surface area contributed by atoms with Crippen molar-refractivity contribution in [3.05, 3.63) is 64.7 Å². The van der Waals surface area contributed by atoms with E-state index in [1.54, 1.807) is 7.11 Å². The lowest BCUT2D eigenvalue weighted by molar-refractivity contribution is -0.124. The van der Waals surface area contributed by atoms with Crippen LogP contribution in [0.1, 0.15) is 41.1 Å². The lowest BCUT2D eigenvalue weighted by Crippen LogP contribution is -2.43. The van der Waals surface area contributed by atoms with Gasteiger partial charge in [-0.15, -0.1) is 0 Å². The molecule has 0 heterocycles. The van der Waals surface area contributed by atoms with E-state index in [0.717, 1.165) is 36.1 Å². The van der Waals surface area contributed by atoms with Crippen LogP contribution >= 0.6 is 0 Å². The molecule has 2 aromatic carbocycles. The quantitative estimate of drug-likeness (QED) is 0.649. The highest BCUT2D eigenvalue weighted by Crippen LogP contribution is 2.29. The molecule has 0 unspecified atom stereocenters. The van der Waals surface area contributed by atoms with Crippen LogP contribution in [0.25, 0.3) is 0 Å². The van der Waals surface area contributed by atoms with Crippen molar-refractivity contribution < 1.29 is 14.3 Å². The number of nitrogens with zero attached hydrogens (tertiary/aromatic N) is 1. The number of hydrogen-bond donors (Lipinski definition) is 2. The minimum atomic E-state index is -0.138. The zero-order valence-corrected chi connectivity index (χ0v) is 18.7. The van der Waals surface area contributed by atoms with Crippen molar-refractivity contribution in [3.8, 4) is 0 Å². The third-order valence-corrected chi connectivity index (χ3v) is 5.93. The maximum atomic E-state index is 12.8. The van der Waals surface area contributed by atoms with Crippen LogP contribution in [0.3, 0.4) is 0 Å². The molecule has 6 nitrogen and oxygen atoms in total. The zero-order valence-electron chi connectivity index (χ0n) is 18.7. The summed E-state index contributed by atoms with van der Waals surface area (Å²) in [5.74, 6) is -0.210. The third kappa shape index (κ3) is 6.39. The minimum Gasteiger partial charge on any atom is -0.383 e. The number of nitrogens with one attached hydrogen (secondary N) is 2. The molecule has 166 valence electrons. The van der Waals surface area contributed by atoms with Crippen molar-refractivity contribution >= 4 is 17.5 Å². The fourth-order valence-corrected chi connectivity index (χ4v) is 4.06. The normalized spacial score (nSPS) is 15.4. The van der Waals surface area contributed by atoms with Gasteiger partial charge in [-0.2, -0.15) is 0 Å². The van der Waals surface area contributed by atoms with Gasteiger partial charge in [-0.3, -0.25) is 14.5 Å². The Morgan fingerprint density at radius 3 is 2.65 bits per heavy atom. The summed E-state index contributed by atoms with van der Waals surface area (Å²) in [7, 11) is 1.62. The second kappa shape index (κ2) is 11.1. The van der Waals surface area contributed by atoms with Gasteiger partial charge >= 0.3 is 0 Å². The van der Waals surface area contributed by atoms with E-state index in [2.05, 4.69) is 22.8 Å². The van der Waals surface area contributed by atoms with Crippen LogP contribution in [0, 0.1) is 13.8 Å². The molecule has 2 amide bonds. The number of fused-ring (bicyclic) bond motifs is 1. The Morgan fingerprint density at radius 2 is 1.84 bits per heavy atom. The Hall–Kier alpha value is -2.70. The summed E-state index contributed by atoms with van der Waals surface area (Å²) in [4.78, 5) is 27.3. The summed E-state index contributed by atoms with van der Waals surface area (Å²) in [5.41, 5.74) is 5.50. The number of rotatable bonds is 9. The van der Waals surface area contributed by atoms with Gasteiger partial charge in [-0.05, 0) is 61.4 Å². The van der Waals surface area contributed by atoms with E-state index in [1.165, 1.54) is 11.1 Å². The lowest BCUT2D eigenvalue weighted by atomic mass is 9.88. The summed E-state index contributed by atoms with van der Waals surface area (Å²) in [6, 6.07) is 14.2. The molecule has 0 bridgehead atoms. The molecule has 0 spiro atoms. The average molecular weight is 424 g/mol.